The Bertz CT molecular complexity index is 537. The van der Waals surface area contributed by atoms with Gasteiger partial charge in [-0.3, -0.25) is 15.1 Å². The van der Waals surface area contributed by atoms with E-state index >= 15 is 0 Å². The summed E-state index contributed by atoms with van der Waals surface area (Å²) >= 11 is 8.56. The summed E-state index contributed by atoms with van der Waals surface area (Å²) in [7, 11) is 0. The first kappa shape index (κ1) is 16.4. The van der Waals surface area contributed by atoms with Crippen LogP contribution >= 0.6 is 28.1 Å². The molecule has 1 aromatic rings. The van der Waals surface area contributed by atoms with Crippen molar-refractivity contribution in [2.45, 2.75) is 39.2 Å². The van der Waals surface area contributed by atoms with E-state index in [1.807, 2.05) is 0 Å². The molecule has 1 aromatic heterocycles. The van der Waals surface area contributed by atoms with Crippen LogP contribution in [0.4, 0.5) is 0 Å². The molecule has 0 aliphatic heterocycles. The van der Waals surface area contributed by atoms with Gasteiger partial charge in [-0.1, -0.05) is 26.7 Å². The van der Waals surface area contributed by atoms with Gasteiger partial charge in [-0.25, -0.2) is 0 Å². The summed E-state index contributed by atoms with van der Waals surface area (Å²) in [4.78, 5) is 16.1. The van der Waals surface area contributed by atoms with Crippen LogP contribution in [0.25, 0.3) is 0 Å². The van der Waals surface area contributed by atoms with Crippen molar-refractivity contribution in [2.75, 3.05) is 0 Å². The molecule has 2 rings (SSSR count). The number of pyridine rings is 1. The predicted octanol–water partition coefficient (Wildman–Crippen LogP) is 3.27. The molecule has 1 aliphatic carbocycles. The maximum Gasteiger partial charge on any atom is 0.259 e. The van der Waals surface area contributed by atoms with Crippen molar-refractivity contribution in [3.8, 4) is 0 Å². The lowest BCUT2D eigenvalue weighted by Gasteiger charge is -2.35. The van der Waals surface area contributed by atoms with Crippen LogP contribution in [-0.2, 0) is 0 Å². The van der Waals surface area contributed by atoms with Crippen LogP contribution < -0.4 is 10.6 Å². The van der Waals surface area contributed by atoms with E-state index in [1.54, 1.807) is 12.3 Å². The van der Waals surface area contributed by atoms with E-state index in [0.717, 1.165) is 10.9 Å². The number of nitrogens with one attached hydrogen (secondary N) is 2. The van der Waals surface area contributed by atoms with E-state index in [-0.39, 0.29) is 5.91 Å². The lowest BCUT2D eigenvalue weighted by atomic mass is 9.78. The van der Waals surface area contributed by atoms with Gasteiger partial charge >= 0.3 is 0 Å². The zero-order valence-corrected chi connectivity index (χ0v) is 14.6. The Morgan fingerprint density at radius 3 is 2.86 bits per heavy atom. The van der Waals surface area contributed by atoms with Crippen molar-refractivity contribution < 1.29 is 4.79 Å². The highest BCUT2D eigenvalue weighted by molar-refractivity contribution is 9.10. The van der Waals surface area contributed by atoms with E-state index < -0.39 is 0 Å². The number of hydrogen-bond acceptors (Lipinski definition) is 3. The van der Waals surface area contributed by atoms with Crippen LogP contribution in [0.15, 0.2) is 22.9 Å². The van der Waals surface area contributed by atoms with Crippen molar-refractivity contribution >= 4 is 39.2 Å². The van der Waals surface area contributed by atoms with Gasteiger partial charge in [0.25, 0.3) is 5.91 Å². The Kier molecular flexibility index (Phi) is 5.70. The van der Waals surface area contributed by atoms with Crippen molar-refractivity contribution in [3.05, 3.63) is 28.5 Å². The van der Waals surface area contributed by atoms with E-state index in [9.17, 15) is 4.79 Å². The van der Waals surface area contributed by atoms with Crippen LogP contribution in [0, 0.1) is 11.8 Å². The fourth-order valence-electron chi connectivity index (χ4n) is 2.70. The molecule has 1 aliphatic rings. The number of rotatable bonds is 2. The predicted molar refractivity (Wildman–Crippen MR) is 91.1 cm³/mol. The first-order chi connectivity index (χ1) is 9.97. The van der Waals surface area contributed by atoms with Crippen LogP contribution in [0.3, 0.4) is 0 Å². The lowest BCUT2D eigenvalue weighted by molar-refractivity contribution is 0.0975. The molecule has 1 saturated carbocycles. The molecule has 4 nitrogen and oxygen atoms in total. The average Bonchev–Trinajstić information content (AvgIpc) is 2.44. The third-order valence-electron chi connectivity index (χ3n) is 4.22. The Hall–Kier alpha value is -1.01. The van der Waals surface area contributed by atoms with Crippen molar-refractivity contribution in [3.63, 3.8) is 0 Å². The first-order valence-electron chi connectivity index (χ1n) is 7.19. The Morgan fingerprint density at radius 1 is 1.38 bits per heavy atom. The normalized spacial score (nSPS) is 25.2. The molecular formula is C15H20BrN3OS. The van der Waals surface area contributed by atoms with Gasteiger partial charge in [0.2, 0.25) is 0 Å². The maximum absolute atomic E-state index is 12.1. The number of thiocarbonyl (C=S) groups is 1. The minimum atomic E-state index is -0.238. The van der Waals surface area contributed by atoms with E-state index in [4.69, 9.17) is 12.2 Å². The lowest BCUT2D eigenvalue weighted by Crippen LogP contribution is -2.49. The standard InChI is InChI=1S/C15H20BrN3OS/c1-9-4-3-5-13(10(9)2)18-15(21)19-14(20)11-6-12(16)8-17-7-11/h6-10,13H,3-5H2,1-2H3,(H2,18,19,20,21)/t9-,10+,13+/m1/s1. The van der Waals surface area contributed by atoms with Crippen molar-refractivity contribution in [1.82, 2.24) is 15.6 Å². The molecule has 1 amide bonds. The van der Waals surface area contributed by atoms with Gasteiger partial charge < -0.3 is 5.32 Å². The molecule has 1 heterocycles. The second kappa shape index (κ2) is 7.31. The van der Waals surface area contributed by atoms with Crippen LogP contribution in [-0.4, -0.2) is 22.0 Å². The second-order valence-electron chi connectivity index (χ2n) is 5.69. The molecule has 0 spiro atoms. The Morgan fingerprint density at radius 2 is 2.14 bits per heavy atom. The molecule has 114 valence electrons. The van der Waals surface area contributed by atoms with E-state index in [2.05, 4.69) is 45.4 Å². The number of carbonyl (C=O) groups is 1. The summed E-state index contributed by atoms with van der Waals surface area (Å²) < 4.78 is 0.767. The Balaban J connectivity index is 1.91. The highest BCUT2D eigenvalue weighted by atomic mass is 79.9. The zero-order valence-electron chi connectivity index (χ0n) is 12.2. The Labute approximate surface area is 139 Å². The highest BCUT2D eigenvalue weighted by Gasteiger charge is 2.27. The molecule has 0 aromatic carbocycles. The quantitative estimate of drug-likeness (QED) is 0.785. The molecular weight excluding hydrogens is 350 g/mol. The molecule has 6 heteroatoms. The number of hydrogen-bond donors (Lipinski definition) is 2. The van der Waals surface area contributed by atoms with Crippen molar-refractivity contribution in [2.24, 2.45) is 11.8 Å². The van der Waals surface area contributed by atoms with E-state index in [1.165, 1.54) is 19.0 Å². The maximum atomic E-state index is 12.1. The summed E-state index contributed by atoms with van der Waals surface area (Å²) in [6.45, 7) is 4.51. The largest absolute Gasteiger partial charge is 0.359 e. The van der Waals surface area contributed by atoms with Gasteiger partial charge in [0.1, 0.15) is 0 Å². The molecule has 0 saturated heterocycles. The number of aromatic nitrogens is 1. The van der Waals surface area contributed by atoms with Crippen LogP contribution in [0.2, 0.25) is 0 Å². The number of carbonyl (C=O) groups excluding carboxylic acids is 1. The van der Waals surface area contributed by atoms with Gasteiger partial charge in [-0.2, -0.15) is 0 Å². The minimum Gasteiger partial charge on any atom is -0.359 e. The van der Waals surface area contributed by atoms with Crippen LogP contribution in [0.5, 0.6) is 0 Å². The third kappa shape index (κ3) is 4.48. The second-order valence-corrected chi connectivity index (χ2v) is 7.02. The number of halogens is 1. The van der Waals surface area contributed by atoms with Gasteiger partial charge in [0.15, 0.2) is 5.11 Å². The average molecular weight is 370 g/mol. The molecule has 0 radical (unpaired) electrons. The topological polar surface area (TPSA) is 54.0 Å². The molecule has 0 bridgehead atoms. The monoisotopic (exact) mass is 369 g/mol. The molecule has 2 N–H and O–H groups in total. The first-order valence-corrected chi connectivity index (χ1v) is 8.40. The smallest absolute Gasteiger partial charge is 0.259 e. The van der Waals surface area contributed by atoms with Crippen molar-refractivity contribution in [1.29, 1.82) is 0 Å². The summed E-state index contributed by atoms with van der Waals surface area (Å²) in [5.41, 5.74) is 0.485. The number of amides is 1. The minimum absolute atomic E-state index is 0.238. The van der Waals surface area contributed by atoms with Gasteiger partial charge in [-0.05, 0) is 52.5 Å². The SMILES string of the molecule is C[C@H]1[C@H](C)CCC[C@@H]1NC(=S)NC(=O)c1cncc(Br)c1. The molecule has 0 unspecified atom stereocenters. The van der Waals surface area contributed by atoms with Crippen LogP contribution in [0.1, 0.15) is 43.5 Å². The van der Waals surface area contributed by atoms with Gasteiger partial charge in [0, 0.05) is 22.9 Å². The molecule has 1 fully saturated rings. The number of nitrogens with zero attached hydrogens (tertiary/aromatic N) is 1. The van der Waals surface area contributed by atoms with Gasteiger partial charge in [-0.15, -0.1) is 0 Å². The molecule has 21 heavy (non-hydrogen) atoms. The highest BCUT2D eigenvalue weighted by Crippen LogP contribution is 2.29. The summed E-state index contributed by atoms with van der Waals surface area (Å²) in [6.07, 6.45) is 6.73. The third-order valence-corrected chi connectivity index (χ3v) is 4.87. The summed E-state index contributed by atoms with van der Waals surface area (Å²) in [6, 6.07) is 2.05. The summed E-state index contributed by atoms with van der Waals surface area (Å²) in [5.74, 6) is 1.00. The van der Waals surface area contributed by atoms with E-state index in [0.29, 0.717) is 28.6 Å². The zero-order chi connectivity index (χ0) is 15.4. The summed E-state index contributed by atoms with van der Waals surface area (Å²) in [5, 5.41) is 6.40. The molecule has 3 atom stereocenters. The fourth-order valence-corrected chi connectivity index (χ4v) is 3.31. The fraction of sp³-hybridized carbons (Fsp3) is 0.533. The van der Waals surface area contributed by atoms with Gasteiger partial charge in [0.05, 0.1) is 5.56 Å².